The van der Waals surface area contributed by atoms with Gasteiger partial charge in [0.15, 0.2) is 0 Å². The smallest absolute Gasteiger partial charge is 0.410 e. The number of ether oxygens (including phenoxy) is 1. The first-order valence-electron chi connectivity index (χ1n) is 5.78. The fourth-order valence-electron chi connectivity index (χ4n) is 1.44. The maximum Gasteiger partial charge on any atom is 0.410 e. The van der Waals surface area contributed by atoms with Gasteiger partial charge in [-0.1, -0.05) is 30.3 Å². The Kier molecular flexibility index (Phi) is 5.49. The molecule has 1 rings (SSSR count). The molecule has 0 unspecified atom stereocenters. The molecule has 0 aliphatic carbocycles. The lowest BCUT2D eigenvalue weighted by molar-refractivity contribution is 0.0925. The molecule has 0 aliphatic rings. The molecule has 0 heterocycles. The summed E-state index contributed by atoms with van der Waals surface area (Å²) in [5.74, 6) is 0. The zero-order chi connectivity index (χ0) is 12.7. The Morgan fingerprint density at radius 3 is 2.65 bits per heavy atom. The van der Waals surface area contributed by atoms with Gasteiger partial charge in [-0.15, -0.1) is 0 Å². The Balaban J connectivity index is 2.39. The molecule has 0 aliphatic heterocycles. The van der Waals surface area contributed by atoms with Crippen molar-refractivity contribution >= 4 is 6.09 Å². The van der Waals surface area contributed by atoms with E-state index < -0.39 is 0 Å². The van der Waals surface area contributed by atoms with Crippen LogP contribution in [0.25, 0.3) is 0 Å². The van der Waals surface area contributed by atoms with E-state index in [1.54, 1.807) is 11.9 Å². The van der Waals surface area contributed by atoms with E-state index in [9.17, 15) is 4.79 Å². The first kappa shape index (κ1) is 13.5. The third-order valence-corrected chi connectivity index (χ3v) is 2.74. The number of hydrogen-bond donors (Lipinski definition) is 1. The Morgan fingerprint density at radius 2 is 2.06 bits per heavy atom. The SMILES string of the molecule is C[C@@H](CCN)N(C)C(=O)OCc1ccccc1. The second-order valence-electron chi connectivity index (χ2n) is 4.08. The van der Waals surface area contributed by atoms with Crippen molar-refractivity contribution in [2.24, 2.45) is 5.73 Å². The van der Waals surface area contributed by atoms with Gasteiger partial charge in [0.05, 0.1) is 0 Å². The lowest BCUT2D eigenvalue weighted by Gasteiger charge is -2.23. The molecule has 0 aromatic heterocycles. The van der Waals surface area contributed by atoms with E-state index in [0.29, 0.717) is 13.2 Å². The van der Waals surface area contributed by atoms with Crippen LogP contribution < -0.4 is 5.73 Å². The maximum absolute atomic E-state index is 11.7. The predicted octanol–water partition coefficient (Wildman–Crippen LogP) is 1.99. The molecule has 17 heavy (non-hydrogen) atoms. The number of benzene rings is 1. The topological polar surface area (TPSA) is 55.6 Å². The molecule has 0 saturated heterocycles. The lowest BCUT2D eigenvalue weighted by atomic mass is 10.2. The van der Waals surface area contributed by atoms with Gasteiger partial charge in [-0.3, -0.25) is 0 Å². The highest BCUT2D eigenvalue weighted by atomic mass is 16.6. The van der Waals surface area contributed by atoms with Crippen molar-refractivity contribution in [2.75, 3.05) is 13.6 Å². The Morgan fingerprint density at radius 1 is 1.41 bits per heavy atom. The number of carbonyl (C=O) groups excluding carboxylic acids is 1. The third-order valence-electron chi connectivity index (χ3n) is 2.74. The van der Waals surface area contributed by atoms with Crippen LogP contribution in [0.5, 0.6) is 0 Å². The molecule has 1 amide bonds. The number of hydrogen-bond acceptors (Lipinski definition) is 3. The number of nitrogens with two attached hydrogens (primary N) is 1. The fraction of sp³-hybridized carbons (Fsp3) is 0.462. The van der Waals surface area contributed by atoms with Crippen LogP contribution in [-0.4, -0.2) is 30.6 Å². The summed E-state index contributed by atoms with van der Waals surface area (Å²) in [5, 5.41) is 0. The van der Waals surface area contributed by atoms with Crippen molar-refractivity contribution in [1.82, 2.24) is 4.90 Å². The van der Waals surface area contributed by atoms with Gasteiger partial charge in [-0.25, -0.2) is 4.79 Å². The first-order chi connectivity index (χ1) is 8.15. The number of nitrogens with zero attached hydrogens (tertiary/aromatic N) is 1. The second kappa shape index (κ2) is 6.91. The van der Waals surface area contributed by atoms with Crippen molar-refractivity contribution in [3.8, 4) is 0 Å². The van der Waals surface area contributed by atoms with Gasteiger partial charge < -0.3 is 15.4 Å². The molecular formula is C13H20N2O2. The summed E-state index contributed by atoms with van der Waals surface area (Å²) in [6, 6.07) is 9.73. The molecule has 1 aromatic carbocycles. The van der Waals surface area contributed by atoms with Gasteiger partial charge in [0.2, 0.25) is 0 Å². The molecule has 4 nitrogen and oxygen atoms in total. The molecule has 0 fully saturated rings. The Bertz CT molecular complexity index is 341. The third kappa shape index (κ3) is 4.44. The number of rotatable bonds is 5. The summed E-state index contributed by atoms with van der Waals surface area (Å²) in [6.45, 7) is 2.83. The zero-order valence-corrected chi connectivity index (χ0v) is 10.4. The molecule has 1 atom stereocenters. The highest BCUT2D eigenvalue weighted by Gasteiger charge is 2.16. The summed E-state index contributed by atoms with van der Waals surface area (Å²) in [6.07, 6.45) is 0.464. The number of amides is 1. The Hall–Kier alpha value is -1.55. The van der Waals surface area contributed by atoms with Crippen LogP contribution in [0.3, 0.4) is 0 Å². The average Bonchev–Trinajstić information content (AvgIpc) is 2.36. The zero-order valence-electron chi connectivity index (χ0n) is 10.4. The number of carbonyl (C=O) groups is 1. The first-order valence-corrected chi connectivity index (χ1v) is 5.78. The highest BCUT2D eigenvalue weighted by molar-refractivity contribution is 5.67. The van der Waals surface area contributed by atoms with E-state index in [4.69, 9.17) is 10.5 Å². The van der Waals surface area contributed by atoms with Crippen molar-refractivity contribution in [3.05, 3.63) is 35.9 Å². The molecule has 4 heteroatoms. The van der Waals surface area contributed by atoms with Crippen LogP contribution in [0, 0.1) is 0 Å². The van der Waals surface area contributed by atoms with Crippen molar-refractivity contribution in [2.45, 2.75) is 26.0 Å². The van der Waals surface area contributed by atoms with Gasteiger partial charge in [0, 0.05) is 13.1 Å². The van der Waals surface area contributed by atoms with E-state index in [1.807, 2.05) is 37.3 Å². The van der Waals surface area contributed by atoms with E-state index in [2.05, 4.69) is 0 Å². The minimum absolute atomic E-state index is 0.100. The minimum Gasteiger partial charge on any atom is -0.445 e. The maximum atomic E-state index is 11.7. The van der Waals surface area contributed by atoms with E-state index in [0.717, 1.165) is 12.0 Å². The van der Waals surface area contributed by atoms with Gasteiger partial charge in [-0.05, 0) is 25.5 Å². The van der Waals surface area contributed by atoms with Crippen LogP contribution in [0.1, 0.15) is 18.9 Å². The monoisotopic (exact) mass is 236 g/mol. The quantitative estimate of drug-likeness (QED) is 0.850. The van der Waals surface area contributed by atoms with Crippen LogP contribution >= 0.6 is 0 Å². The van der Waals surface area contributed by atoms with Crippen LogP contribution in [0.15, 0.2) is 30.3 Å². The van der Waals surface area contributed by atoms with Crippen molar-refractivity contribution < 1.29 is 9.53 Å². The molecule has 1 aromatic rings. The molecule has 94 valence electrons. The normalized spacial score (nSPS) is 11.9. The summed E-state index contributed by atoms with van der Waals surface area (Å²) in [4.78, 5) is 13.3. The van der Waals surface area contributed by atoms with E-state index >= 15 is 0 Å². The average molecular weight is 236 g/mol. The summed E-state index contributed by atoms with van der Waals surface area (Å²) in [7, 11) is 1.73. The van der Waals surface area contributed by atoms with Crippen LogP contribution in [0.2, 0.25) is 0 Å². The molecule has 0 radical (unpaired) electrons. The second-order valence-corrected chi connectivity index (χ2v) is 4.08. The van der Waals surface area contributed by atoms with Crippen molar-refractivity contribution in [3.63, 3.8) is 0 Å². The molecular weight excluding hydrogens is 216 g/mol. The van der Waals surface area contributed by atoms with E-state index in [-0.39, 0.29) is 12.1 Å². The summed E-state index contributed by atoms with van der Waals surface area (Å²) >= 11 is 0. The fourth-order valence-corrected chi connectivity index (χ4v) is 1.44. The standard InChI is InChI=1S/C13H20N2O2/c1-11(8-9-14)15(2)13(16)17-10-12-6-4-3-5-7-12/h3-7,11H,8-10,14H2,1-2H3/t11-/m0/s1. The minimum atomic E-state index is -0.310. The largest absolute Gasteiger partial charge is 0.445 e. The van der Waals surface area contributed by atoms with Crippen molar-refractivity contribution in [1.29, 1.82) is 0 Å². The summed E-state index contributed by atoms with van der Waals surface area (Å²) in [5.41, 5.74) is 6.44. The van der Waals surface area contributed by atoms with Crippen LogP contribution in [0.4, 0.5) is 4.79 Å². The highest BCUT2D eigenvalue weighted by Crippen LogP contribution is 2.06. The molecule has 2 N–H and O–H groups in total. The van der Waals surface area contributed by atoms with Gasteiger partial charge >= 0.3 is 6.09 Å². The van der Waals surface area contributed by atoms with Gasteiger partial charge in [0.1, 0.15) is 6.61 Å². The van der Waals surface area contributed by atoms with Gasteiger partial charge in [-0.2, -0.15) is 0 Å². The van der Waals surface area contributed by atoms with Crippen LogP contribution in [-0.2, 0) is 11.3 Å². The summed E-state index contributed by atoms with van der Waals surface area (Å²) < 4.78 is 5.20. The van der Waals surface area contributed by atoms with E-state index in [1.165, 1.54) is 0 Å². The lowest BCUT2D eigenvalue weighted by Crippen LogP contribution is -2.36. The molecule has 0 spiro atoms. The Labute approximate surface area is 102 Å². The molecule has 0 bridgehead atoms. The molecule has 0 saturated carbocycles. The predicted molar refractivity (Wildman–Crippen MR) is 67.5 cm³/mol. The van der Waals surface area contributed by atoms with Gasteiger partial charge in [0.25, 0.3) is 0 Å².